The summed E-state index contributed by atoms with van der Waals surface area (Å²) in [7, 11) is -7.89. The fraction of sp³-hybridized carbons (Fsp3) is 1.00. The number of hydrogen-bond acceptors (Lipinski definition) is 4. The van der Waals surface area contributed by atoms with E-state index in [2.05, 4.69) is 5.32 Å². The van der Waals surface area contributed by atoms with E-state index in [0.717, 1.165) is 26.3 Å². The number of nitrogens with one attached hydrogen (secondary N) is 1. The lowest BCUT2D eigenvalue weighted by molar-refractivity contribution is -0.458. The summed E-state index contributed by atoms with van der Waals surface area (Å²) >= 11 is 0. The molecule has 23 heteroatoms. The van der Waals surface area contributed by atoms with E-state index in [1.54, 1.807) is 0 Å². The monoisotopic (exact) mass is 587 g/mol. The Morgan fingerprint density at radius 1 is 0.543 bits per heavy atom. The molecule has 35 heavy (non-hydrogen) atoms. The highest BCUT2D eigenvalue weighted by molar-refractivity contribution is 7.87. The van der Waals surface area contributed by atoms with Crippen LogP contribution < -0.4 is 5.32 Å². The first-order valence-corrected chi connectivity index (χ1v) is 9.41. The van der Waals surface area contributed by atoms with Crippen LogP contribution in [-0.2, 0) is 14.9 Å². The standard InChI is InChI=1S/C8HF17O3S.C4H9NO/c9-1(10,3(13,14)5(17,18)7(21,22)23)2(11,12)4(15,16)6(19,20)8(24,25)29(26,27)28;1-3-6-4-2-5-1/h(H,26,27,28);5H,1-4H2. The van der Waals surface area contributed by atoms with Crippen LogP contribution in [0.15, 0.2) is 0 Å². The van der Waals surface area contributed by atoms with E-state index in [4.69, 9.17) is 9.29 Å². The van der Waals surface area contributed by atoms with Crippen molar-refractivity contribution in [2.24, 2.45) is 0 Å². The quantitative estimate of drug-likeness (QED) is 0.341. The van der Waals surface area contributed by atoms with Gasteiger partial charge in [-0.1, -0.05) is 0 Å². The van der Waals surface area contributed by atoms with Gasteiger partial charge in [0.2, 0.25) is 0 Å². The van der Waals surface area contributed by atoms with Crippen molar-refractivity contribution in [3.63, 3.8) is 0 Å². The van der Waals surface area contributed by atoms with Gasteiger partial charge in [-0.15, -0.1) is 0 Å². The van der Waals surface area contributed by atoms with Crippen LogP contribution >= 0.6 is 0 Å². The second kappa shape index (κ2) is 9.50. The molecule has 0 saturated carbocycles. The van der Waals surface area contributed by atoms with Gasteiger partial charge < -0.3 is 10.1 Å². The third kappa shape index (κ3) is 5.22. The van der Waals surface area contributed by atoms with Crippen molar-refractivity contribution in [3.8, 4) is 0 Å². The summed E-state index contributed by atoms with van der Waals surface area (Å²) < 4.78 is 248. The number of morpholine rings is 1. The molecular weight excluding hydrogens is 577 g/mol. The number of alkyl halides is 17. The highest BCUT2D eigenvalue weighted by Gasteiger charge is 2.96. The zero-order valence-electron chi connectivity index (χ0n) is 15.8. The number of ether oxygens (including phenoxy) is 1. The van der Waals surface area contributed by atoms with E-state index >= 15 is 0 Å². The van der Waals surface area contributed by atoms with Gasteiger partial charge in [0.1, 0.15) is 0 Å². The minimum atomic E-state index is -8.89. The molecule has 0 bridgehead atoms. The topological polar surface area (TPSA) is 75.6 Å². The van der Waals surface area contributed by atoms with Gasteiger partial charge in [0.15, 0.2) is 0 Å². The fourth-order valence-corrected chi connectivity index (χ4v) is 2.28. The maximum Gasteiger partial charge on any atom is 0.460 e. The molecule has 1 fully saturated rings. The largest absolute Gasteiger partial charge is 0.460 e. The zero-order chi connectivity index (χ0) is 28.7. The summed E-state index contributed by atoms with van der Waals surface area (Å²) in [5.41, 5.74) is 0. The Bertz CT molecular complexity index is 823. The lowest BCUT2D eigenvalue weighted by Crippen LogP contribution is -2.74. The van der Waals surface area contributed by atoms with Crippen LogP contribution in [0.4, 0.5) is 74.6 Å². The Morgan fingerprint density at radius 2 is 0.829 bits per heavy atom. The maximum atomic E-state index is 13.0. The third-order valence-electron chi connectivity index (χ3n) is 3.86. The minimum Gasteiger partial charge on any atom is -0.379 e. The molecule has 0 aromatic rings. The van der Waals surface area contributed by atoms with E-state index in [1.165, 1.54) is 0 Å². The molecule has 1 aliphatic rings. The Kier molecular flexibility index (Phi) is 9.13. The first-order valence-electron chi connectivity index (χ1n) is 7.97. The minimum absolute atomic E-state index is 0.889. The molecule has 5 nitrogen and oxygen atoms in total. The molecule has 1 saturated heterocycles. The highest BCUT2D eigenvalue weighted by Crippen LogP contribution is 2.64. The predicted octanol–water partition coefficient (Wildman–Crippen LogP) is 4.45. The van der Waals surface area contributed by atoms with E-state index in [-0.39, 0.29) is 0 Å². The summed E-state index contributed by atoms with van der Waals surface area (Å²) in [5, 5.41) is -4.68. The summed E-state index contributed by atoms with van der Waals surface area (Å²) in [6.07, 6.45) is -7.88. The highest BCUT2D eigenvalue weighted by atomic mass is 32.2. The first kappa shape index (κ1) is 33.6. The summed E-state index contributed by atoms with van der Waals surface area (Å²) in [6, 6.07) is 0. The zero-order valence-corrected chi connectivity index (χ0v) is 16.7. The van der Waals surface area contributed by atoms with Gasteiger partial charge in [-0.25, -0.2) is 0 Å². The van der Waals surface area contributed by atoms with Crippen LogP contribution in [0.5, 0.6) is 0 Å². The number of halogens is 17. The van der Waals surface area contributed by atoms with E-state index < -0.39 is 57.1 Å². The van der Waals surface area contributed by atoms with Crippen LogP contribution in [0, 0.1) is 0 Å². The van der Waals surface area contributed by atoms with Crippen LogP contribution in [0.3, 0.4) is 0 Å². The molecule has 0 unspecified atom stereocenters. The van der Waals surface area contributed by atoms with E-state index in [9.17, 15) is 83.1 Å². The van der Waals surface area contributed by atoms with Crippen molar-refractivity contribution in [1.82, 2.24) is 5.32 Å². The number of rotatable bonds is 7. The smallest absolute Gasteiger partial charge is 0.379 e. The molecule has 0 aliphatic carbocycles. The Morgan fingerprint density at radius 3 is 1.03 bits per heavy atom. The van der Waals surface area contributed by atoms with Crippen molar-refractivity contribution < 1.29 is 92.3 Å². The average Bonchev–Trinajstić information content (AvgIpc) is 2.67. The SMILES string of the molecule is C1COCCN1.O=S(=O)(O)C(F)(F)C(F)(F)C(F)(F)C(F)(F)C(F)(F)C(F)(F)C(F)(F)C(F)(F)F. The first-order chi connectivity index (χ1) is 15.0. The lowest BCUT2D eigenvalue weighted by Gasteiger charge is -2.42. The molecule has 0 aromatic carbocycles. The van der Waals surface area contributed by atoms with Crippen molar-refractivity contribution in [3.05, 3.63) is 0 Å². The summed E-state index contributed by atoms with van der Waals surface area (Å²) in [6.45, 7) is 3.83. The molecule has 0 spiro atoms. The van der Waals surface area contributed by atoms with Crippen LogP contribution in [0.25, 0.3) is 0 Å². The van der Waals surface area contributed by atoms with Gasteiger partial charge in [-0.05, 0) is 0 Å². The van der Waals surface area contributed by atoms with Gasteiger partial charge in [0.25, 0.3) is 0 Å². The van der Waals surface area contributed by atoms with Crippen LogP contribution in [0.2, 0.25) is 0 Å². The molecule has 0 radical (unpaired) electrons. The molecule has 1 heterocycles. The van der Waals surface area contributed by atoms with Crippen molar-refractivity contribution in [2.45, 2.75) is 47.0 Å². The van der Waals surface area contributed by atoms with Gasteiger partial charge in [0, 0.05) is 13.1 Å². The maximum absolute atomic E-state index is 13.0. The lowest BCUT2D eigenvalue weighted by atomic mass is 9.91. The Balaban J connectivity index is 0.00000166. The van der Waals surface area contributed by atoms with Crippen LogP contribution in [0.1, 0.15) is 0 Å². The molecule has 0 amide bonds. The molecule has 0 aromatic heterocycles. The van der Waals surface area contributed by atoms with Gasteiger partial charge in [-0.2, -0.15) is 83.1 Å². The molecule has 1 aliphatic heterocycles. The summed E-state index contributed by atoms with van der Waals surface area (Å²) in [4.78, 5) is 0. The predicted molar refractivity (Wildman–Crippen MR) is 75.9 cm³/mol. The average molecular weight is 587 g/mol. The van der Waals surface area contributed by atoms with Crippen molar-refractivity contribution in [1.29, 1.82) is 0 Å². The molecular formula is C12H10F17NO4S. The second-order valence-corrected chi connectivity index (χ2v) is 7.76. The normalized spacial score (nSPS) is 18.1. The second-order valence-electron chi connectivity index (χ2n) is 6.30. The molecule has 2 N–H and O–H groups in total. The van der Waals surface area contributed by atoms with Gasteiger partial charge in [0.05, 0.1) is 13.2 Å². The molecule has 1 rings (SSSR count). The summed E-state index contributed by atoms with van der Waals surface area (Å²) in [5.74, 6) is -52.0. The van der Waals surface area contributed by atoms with Gasteiger partial charge >= 0.3 is 57.1 Å². The number of hydrogen-bond donors (Lipinski definition) is 2. The fourth-order valence-electron chi connectivity index (χ4n) is 1.83. The van der Waals surface area contributed by atoms with Crippen molar-refractivity contribution >= 4 is 10.1 Å². The third-order valence-corrected chi connectivity index (χ3v) is 4.77. The van der Waals surface area contributed by atoms with Crippen molar-refractivity contribution in [2.75, 3.05) is 26.3 Å². The molecule has 212 valence electrons. The van der Waals surface area contributed by atoms with Gasteiger partial charge in [-0.3, -0.25) is 4.55 Å². The van der Waals surface area contributed by atoms with E-state index in [1.807, 2.05) is 0 Å². The van der Waals surface area contributed by atoms with E-state index in [0.29, 0.717) is 0 Å². The Hall–Kier alpha value is -1.36. The van der Waals surface area contributed by atoms with Crippen LogP contribution in [-0.4, -0.2) is 86.2 Å². The Labute approximate surface area is 182 Å². The molecule has 0 atom stereocenters.